The van der Waals surface area contributed by atoms with Gasteiger partial charge in [0.15, 0.2) is 0 Å². The predicted molar refractivity (Wildman–Crippen MR) is 75.2 cm³/mol. The van der Waals surface area contributed by atoms with Crippen LogP contribution in [-0.2, 0) is 5.88 Å². The van der Waals surface area contributed by atoms with Gasteiger partial charge in [0.05, 0.1) is 5.88 Å². The van der Waals surface area contributed by atoms with Gasteiger partial charge in [-0.25, -0.2) is 9.97 Å². The van der Waals surface area contributed by atoms with Crippen LogP contribution in [0.5, 0.6) is 0 Å². The van der Waals surface area contributed by atoms with Crippen molar-refractivity contribution in [3.63, 3.8) is 0 Å². The van der Waals surface area contributed by atoms with E-state index in [0.29, 0.717) is 11.9 Å². The van der Waals surface area contributed by atoms with E-state index in [1.54, 1.807) is 0 Å². The number of aromatic nitrogens is 2. The van der Waals surface area contributed by atoms with Crippen molar-refractivity contribution in [1.82, 2.24) is 14.9 Å². The molecule has 0 radical (unpaired) electrons. The van der Waals surface area contributed by atoms with Crippen LogP contribution >= 0.6 is 11.6 Å². The highest BCUT2D eigenvalue weighted by atomic mass is 35.5. The Bertz CT molecular complexity index is 408. The highest BCUT2D eigenvalue weighted by Crippen LogP contribution is 2.24. The molecule has 1 unspecified atom stereocenters. The lowest BCUT2D eigenvalue weighted by atomic mass is 10.0. The number of piperidine rings is 1. The Morgan fingerprint density at radius 1 is 1.50 bits per heavy atom. The molecule has 0 aromatic carbocycles. The number of nitrogens with zero attached hydrogens (tertiary/aromatic N) is 4. The van der Waals surface area contributed by atoms with Crippen LogP contribution in [0.1, 0.15) is 24.2 Å². The van der Waals surface area contributed by atoms with Gasteiger partial charge >= 0.3 is 0 Å². The van der Waals surface area contributed by atoms with E-state index in [4.69, 9.17) is 11.6 Å². The molecule has 100 valence electrons. The Kier molecular flexibility index (Phi) is 4.40. The van der Waals surface area contributed by atoms with Gasteiger partial charge in [0, 0.05) is 30.9 Å². The topological polar surface area (TPSA) is 32.3 Å². The van der Waals surface area contributed by atoms with Gasteiger partial charge in [0.1, 0.15) is 11.6 Å². The van der Waals surface area contributed by atoms with Crippen molar-refractivity contribution < 1.29 is 0 Å². The van der Waals surface area contributed by atoms with Crippen LogP contribution in [0.2, 0.25) is 0 Å². The standard InChI is InChI=1S/C13H21ClN4/c1-10-15-8-11(7-14)13(16-10)18-6-4-5-12(9-18)17(2)3/h8,12H,4-7,9H2,1-3H3. The van der Waals surface area contributed by atoms with Crippen LogP contribution in [0.4, 0.5) is 5.82 Å². The molecule has 1 aromatic heterocycles. The van der Waals surface area contributed by atoms with Gasteiger partial charge in [-0.1, -0.05) is 0 Å². The maximum Gasteiger partial charge on any atom is 0.136 e. The maximum atomic E-state index is 5.99. The second-order valence-corrected chi connectivity index (χ2v) is 5.37. The number of hydrogen-bond acceptors (Lipinski definition) is 4. The first-order valence-electron chi connectivity index (χ1n) is 6.41. The molecule has 4 nitrogen and oxygen atoms in total. The molecular weight excluding hydrogens is 248 g/mol. The van der Waals surface area contributed by atoms with Crippen LogP contribution in [0.25, 0.3) is 0 Å². The molecular formula is C13H21ClN4. The molecule has 1 saturated heterocycles. The third-order valence-corrected chi connectivity index (χ3v) is 3.82. The van der Waals surface area contributed by atoms with Gasteiger partial charge in [-0.3, -0.25) is 0 Å². The Labute approximate surface area is 114 Å². The monoisotopic (exact) mass is 268 g/mol. The van der Waals surface area contributed by atoms with E-state index in [-0.39, 0.29) is 0 Å². The second-order valence-electron chi connectivity index (χ2n) is 5.11. The summed E-state index contributed by atoms with van der Waals surface area (Å²) in [6.45, 7) is 4.01. The van der Waals surface area contributed by atoms with E-state index in [9.17, 15) is 0 Å². The Hall–Kier alpha value is -0.870. The molecule has 0 aliphatic carbocycles. The van der Waals surface area contributed by atoms with E-state index >= 15 is 0 Å². The number of likely N-dealkylation sites (N-methyl/N-ethyl adjacent to an activating group) is 1. The molecule has 0 N–H and O–H groups in total. The summed E-state index contributed by atoms with van der Waals surface area (Å²) in [5.41, 5.74) is 1.03. The lowest BCUT2D eigenvalue weighted by Crippen LogP contribution is -2.45. The quantitative estimate of drug-likeness (QED) is 0.786. The van der Waals surface area contributed by atoms with Crippen LogP contribution in [0.15, 0.2) is 6.20 Å². The molecule has 1 atom stereocenters. The SMILES string of the molecule is Cc1ncc(CCl)c(N2CCCC(N(C)C)C2)n1. The molecule has 1 fully saturated rings. The van der Waals surface area contributed by atoms with E-state index in [0.717, 1.165) is 30.3 Å². The molecule has 1 aliphatic heterocycles. The van der Waals surface area contributed by atoms with Gasteiger partial charge in [-0.15, -0.1) is 11.6 Å². The van der Waals surface area contributed by atoms with Crippen molar-refractivity contribution >= 4 is 17.4 Å². The van der Waals surface area contributed by atoms with Crippen LogP contribution < -0.4 is 4.90 Å². The van der Waals surface area contributed by atoms with Gasteiger partial charge in [0.2, 0.25) is 0 Å². The van der Waals surface area contributed by atoms with E-state index in [1.165, 1.54) is 12.8 Å². The minimum absolute atomic E-state index is 0.471. The number of anilines is 1. The first-order chi connectivity index (χ1) is 8.61. The number of hydrogen-bond donors (Lipinski definition) is 0. The lowest BCUT2D eigenvalue weighted by Gasteiger charge is -2.37. The summed E-state index contributed by atoms with van der Waals surface area (Å²) in [7, 11) is 4.28. The smallest absolute Gasteiger partial charge is 0.136 e. The van der Waals surface area contributed by atoms with E-state index < -0.39 is 0 Å². The zero-order chi connectivity index (χ0) is 13.1. The highest BCUT2D eigenvalue weighted by Gasteiger charge is 2.24. The van der Waals surface area contributed by atoms with Crippen molar-refractivity contribution in [2.75, 3.05) is 32.1 Å². The summed E-state index contributed by atoms with van der Waals surface area (Å²) < 4.78 is 0. The minimum atomic E-state index is 0.471. The normalized spacial score (nSPS) is 20.5. The molecule has 2 heterocycles. The molecule has 18 heavy (non-hydrogen) atoms. The van der Waals surface area contributed by atoms with Crippen LogP contribution in [-0.4, -0.2) is 48.1 Å². The average Bonchev–Trinajstić information content (AvgIpc) is 2.39. The molecule has 0 saturated carbocycles. The summed E-state index contributed by atoms with van der Waals surface area (Å²) in [6, 6.07) is 0.595. The third kappa shape index (κ3) is 2.93. The minimum Gasteiger partial charge on any atom is -0.355 e. The fourth-order valence-electron chi connectivity index (χ4n) is 2.42. The van der Waals surface area contributed by atoms with Crippen LogP contribution in [0.3, 0.4) is 0 Å². The molecule has 0 spiro atoms. The number of rotatable bonds is 3. The molecule has 1 aromatic rings. The largest absolute Gasteiger partial charge is 0.355 e. The van der Waals surface area contributed by atoms with Crippen molar-refractivity contribution in [3.8, 4) is 0 Å². The summed E-state index contributed by atoms with van der Waals surface area (Å²) in [5.74, 6) is 2.30. The Balaban J connectivity index is 2.22. The number of aryl methyl sites for hydroxylation is 1. The van der Waals surface area contributed by atoms with Crippen molar-refractivity contribution in [3.05, 3.63) is 17.6 Å². The zero-order valence-corrected chi connectivity index (χ0v) is 12.1. The Morgan fingerprint density at radius 2 is 2.28 bits per heavy atom. The molecule has 1 aliphatic rings. The van der Waals surface area contributed by atoms with E-state index in [2.05, 4.69) is 33.9 Å². The summed E-state index contributed by atoms with van der Waals surface area (Å²) in [5, 5.41) is 0. The highest BCUT2D eigenvalue weighted by molar-refractivity contribution is 6.17. The van der Waals surface area contributed by atoms with Gasteiger partial charge < -0.3 is 9.80 Å². The van der Waals surface area contributed by atoms with Gasteiger partial charge in [-0.2, -0.15) is 0 Å². The maximum absolute atomic E-state index is 5.99. The average molecular weight is 269 g/mol. The Morgan fingerprint density at radius 3 is 2.94 bits per heavy atom. The second kappa shape index (κ2) is 5.85. The van der Waals surface area contributed by atoms with Crippen molar-refractivity contribution in [2.45, 2.75) is 31.7 Å². The molecule has 0 amide bonds. The first-order valence-corrected chi connectivity index (χ1v) is 6.95. The molecule has 0 bridgehead atoms. The van der Waals surface area contributed by atoms with E-state index in [1.807, 2.05) is 13.1 Å². The van der Waals surface area contributed by atoms with Crippen molar-refractivity contribution in [2.24, 2.45) is 0 Å². The van der Waals surface area contributed by atoms with Gasteiger partial charge in [-0.05, 0) is 33.9 Å². The summed E-state index contributed by atoms with van der Waals surface area (Å²) >= 11 is 5.99. The fourth-order valence-corrected chi connectivity index (χ4v) is 2.61. The summed E-state index contributed by atoms with van der Waals surface area (Å²) in [6.07, 6.45) is 4.31. The number of alkyl halides is 1. The first kappa shape index (κ1) is 13.6. The van der Waals surface area contributed by atoms with Crippen molar-refractivity contribution in [1.29, 1.82) is 0 Å². The fraction of sp³-hybridized carbons (Fsp3) is 0.692. The molecule has 5 heteroatoms. The lowest BCUT2D eigenvalue weighted by molar-refractivity contribution is 0.257. The third-order valence-electron chi connectivity index (χ3n) is 3.53. The predicted octanol–water partition coefficient (Wildman–Crippen LogP) is 2.05. The van der Waals surface area contributed by atoms with Gasteiger partial charge in [0.25, 0.3) is 0 Å². The number of halogens is 1. The zero-order valence-electron chi connectivity index (χ0n) is 11.4. The molecule has 2 rings (SSSR count). The van der Waals surface area contributed by atoms with Crippen LogP contribution in [0, 0.1) is 6.92 Å². The summed E-state index contributed by atoms with van der Waals surface area (Å²) in [4.78, 5) is 13.4.